The molecule has 88 valence electrons. The van der Waals surface area contributed by atoms with Crippen molar-refractivity contribution in [2.45, 2.75) is 25.3 Å². The van der Waals surface area contributed by atoms with Crippen LogP contribution in [0.4, 0.5) is 5.82 Å². The van der Waals surface area contributed by atoms with Crippen molar-refractivity contribution in [1.82, 2.24) is 9.97 Å². The van der Waals surface area contributed by atoms with Gasteiger partial charge >= 0.3 is 0 Å². The van der Waals surface area contributed by atoms with Gasteiger partial charge in [0.15, 0.2) is 5.82 Å². The standard InChI is InChI=1S/C10H14ClN3O2/c11-8-9(12-6-13-10(8)16)14(4-5-15)7-2-1-3-7/h6-7,15H,1-5H2,(H,12,13,16). The summed E-state index contributed by atoms with van der Waals surface area (Å²) in [5, 5.41) is 9.13. The molecular weight excluding hydrogens is 230 g/mol. The van der Waals surface area contributed by atoms with Gasteiger partial charge in [0.05, 0.1) is 12.9 Å². The van der Waals surface area contributed by atoms with Gasteiger partial charge in [-0.2, -0.15) is 0 Å². The molecule has 1 saturated carbocycles. The Hall–Kier alpha value is -1.07. The first-order valence-corrected chi connectivity index (χ1v) is 5.72. The Kier molecular flexibility index (Phi) is 3.46. The molecule has 0 spiro atoms. The highest BCUT2D eigenvalue weighted by molar-refractivity contribution is 6.32. The van der Waals surface area contributed by atoms with Crippen LogP contribution < -0.4 is 10.5 Å². The molecule has 0 radical (unpaired) electrons. The van der Waals surface area contributed by atoms with E-state index < -0.39 is 0 Å². The number of anilines is 1. The summed E-state index contributed by atoms with van der Waals surface area (Å²) in [5.74, 6) is 0.476. The summed E-state index contributed by atoms with van der Waals surface area (Å²) in [5.41, 5.74) is -0.339. The van der Waals surface area contributed by atoms with E-state index in [-0.39, 0.29) is 17.2 Å². The predicted molar refractivity (Wildman–Crippen MR) is 61.9 cm³/mol. The molecule has 2 N–H and O–H groups in total. The van der Waals surface area contributed by atoms with Gasteiger partial charge < -0.3 is 15.0 Å². The molecule has 1 aromatic heterocycles. The SMILES string of the molecule is O=c1[nH]cnc(N(CCO)C2CCC2)c1Cl. The maximum atomic E-state index is 11.4. The number of aliphatic hydroxyl groups is 1. The average Bonchev–Trinajstić information content (AvgIpc) is 2.19. The number of aromatic nitrogens is 2. The summed E-state index contributed by atoms with van der Waals surface area (Å²) in [7, 11) is 0. The third-order valence-electron chi connectivity index (χ3n) is 2.91. The lowest BCUT2D eigenvalue weighted by atomic mass is 9.91. The molecule has 0 aliphatic heterocycles. The lowest BCUT2D eigenvalue weighted by Crippen LogP contribution is -2.43. The molecule has 6 heteroatoms. The molecule has 16 heavy (non-hydrogen) atoms. The number of H-pyrrole nitrogens is 1. The maximum absolute atomic E-state index is 11.4. The number of aliphatic hydroxyl groups excluding tert-OH is 1. The quantitative estimate of drug-likeness (QED) is 0.820. The van der Waals surface area contributed by atoms with Crippen molar-refractivity contribution in [2.75, 3.05) is 18.1 Å². The Labute approximate surface area is 98.1 Å². The number of nitrogens with one attached hydrogen (secondary N) is 1. The van der Waals surface area contributed by atoms with Crippen LogP contribution in [0.25, 0.3) is 0 Å². The van der Waals surface area contributed by atoms with Crippen molar-refractivity contribution < 1.29 is 5.11 Å². The minimum absolute atomic E-state index is 0.0291. The largest absolute Gasteiger partial charge is 0.395 e. The van der Waals surface area contributed by atoms with Gasteiger partial charge in [-0.1, -0.05) is 11.6 Å². The van der Waals surface area contributed by atoms with Gasteiger partial charge in [-0.15, -0.1) is 0 Å². The second kappa shape index (κ2) is 4.84. The summed E-state index contributed by atoms with van der Waals surface area (Å²) in [4.78, 5) is 19.8. The Bertz CT molecular complexity index is 417. The second-order valence-electron chi connectivity index (χ2n) is 3.87. The molecule has 5 nitrogen and oxygen atoms in total. The van der Waals surface area contributed by atoms with Crippen molar-refractivity contribution in [3.8, 4) is 0 Å². The number of aromatic amines is 1. The second-order valence-corrected chi connectivity index (χ2v) is 4.25. The molecule has 0 unspecified atom stereocenters. The minimum Gasteiger partial charge on any atom is -0.395 e. The molecule has 1 aromatic rings. The molecule has 2 rings (SSSR count). The number of hydrogen-bond donors (Lipinski definition) is 2. The third-order valence-corrected chi connectivity index (χ3v) is 3.25. The molecule has 1 aliphatic rings. The van der Waals surface area contributed by atoms with Crippen LogP contribution in [0.15, 0.2) is 11.1 Å². The number of rotatable bonds is 4. The van der Waals surface area contributed by atoms with Crippen molar-refractivity contribution in [2.24, 2.45) is 0 Å². The molecule has 0 bridgehead atoms. The fourth-order valence-corrected chi connectivity index (χ4v) is 2.05. The summed E-state index contributed by atoms with van der Waals surface area (Å²) >= 11 is 5.92. The van der Waals surface area contributed by atoms with Crippen LogP contribution in [-0.2, 0) is 0 Å². The van der Waals surface area contributed by atoms with E-state index in [1.54, 1.807) is 0 Å². The summed E-state index contributed by atoms with van der Waals surface area (Å²) in [6, 6.07) is 0.346. The predicted octanol–water partition coefficient (Wildman–Crippen LogP) is 0.775. The van der Waals surface area contributed by atoms with Gasteiger partial charge in [0.2, 0.25) is 0 Å². The van der Waals surface area contributed by atoms with Crippen molar-refractivity contribution in [3.63, 3.8) is 0 Å². The summed E-state index contributed by atoms with van der Waals surface area (Å²) in [6.07, 6.45) is 4.63. The molecule has 1 fully saturated rings. The molecule has 0 atom stereocenters. The van der Waals surface area contributed by atoms with E-state index in [1.165, 1.54) is 12.7 Å². The Morgan fingerprint density at radius 2 is 2.38 bits per heavy atom. The van der Waals surface area contributed by atoms with Crippen molar-refractivity contribution in [1.29, 1.82) is 0 Å². The average molecular weight is 244 g/mol. The lowest BCUT2D eigenvalue weighted by Gasteiger charge is -2.38. The lowest BCUT2D eigenvalue weighted by molar-refractivity contribution is 0.283. The molecule has 0 saturated heterocycles. The number of hydrogen-bond acceptors (Lipinski definition) is 4. The van der Waals surface area contributed by atoms with Crippen LogP contribution in [0.2, 0.25) is 5.02 Å². The van der Waals surface area contributed by atoms with Gasteiger partial charge in [-0.25, -0.2) is 4.98 Å². The van der Waals surface area contributed by atoms with E-state index in [9.17, 15) is 4.79 Å². The first kappa shape index (κ1) is 11.4. The van der Waals surface area contributed by atoms with E-state index in [1.807, 2.05) is 4.90 Å². The van der Waals surface area contributed by atoms with Crippen molar-refractivity contribution in [3.05, 3.63) is 21.7 Å². The van der Waals surface area contributed by atoms with E-state index in [2.05, 4.69) is 9.97 Å². The van der Waals surface area contributed by atoms with E-state index >= 15 is 0 Å². The van der Waals surface area contributed by atoms with Gasteiger partial charge in [0, 0.05) is 12.6 Å². The Morgan fingerprint density at radius 3 is 2.94 bits per heavy atom. The van der Waals surface area contributed by atoms with E-state index in [0.29, 0.717) is 18.4 Å². The highest BCUT2D eigenvalue weighted by Gasteiger charge is 2.27. The zero-order valence-corrected chi connectivity index (χ0v) is 9.57. The fourth-order valence-electron chi connectivity index (χ4n) is 1.84. The first-order valence-electron chi connectivity index (χ1n) is 5.34. The highest BCUT2D eigenvalue weighted by Crippen LogP contribution is 2.30. The molecule has 0 aromatic carbocycles. The van der Waals surface area contributed by atoms with Crippen LogP contribution in [0, 0.1) is 0 Å². The molecular formula is C10H14ClN3O2. The topological polar surface area (TPSA) is 69.2 Å². The van der Waals surface area contributed by atoms with Crippen LogP contribution in [0.5, 0.6) is 0 Å². The molecule has 0 amide bonds. The summed E-state index contributed by atoms with van der Waals surface area (Å²) < 4.78 is 0. The van der Waals surface area contributed by atoms with E-state index in [4.69, 9.17) is 16.7 Å². The molecule has 1 aliphatic carbocycles. The first-order chi connectivity index (χ1) is 7.74. The normalized spacial score (nSPS) is 15.9. The third kappa shape index (κ3) is 2.05. The fraction of sp³-hybridized carbons (Fsp3) is 0.600. The van der Waals surface area contributed by atoms with Crippen LogP contribution >= 0.6 is 11.6 Å². The van der Waals surface area contributed by atoms with Gasteiger partial charge in [0.1, 0.15) is 5.02 Å². The number of halogens is 1. The Morgan fingerprint density at radius 1 is 1.62 bits per heavy atom. The van der Waals surface area contributed by atoms with E-state index in [0.717, 1.165) is 12.8 Å². The zero-order valence-electron chi connectivity index (χ0n) is 8.82. The van der Waals surface area contributed by atoms with Crippen LogP contribution in [-0.4, -0.2) is 34.3 Å². The van der Waals surface area contributed by atoms with Crippen LogP contribution in [0.1, 0.15) is 19.3 Å². The smallest absolute Gasteiger partial charge is 0.271 e. The van der Waals surface area contributed by atoms with Gasteiger partial charge in [-0.05, 0) is 19.3 Å². The zero-order chi connectivity index (χ0) is 11.5. The number of nitrogens with zero attached hydrogens (tertiary/aromatic N) is 2. The Balaban J connectivity index is 2.30. The monoisotopic (exact) mass is 243 g/mol. The van der Waals surface area contributed by atoms with Gasteiger partial charge in [-0.3, -0.25) is 4.79 Å². The summed E-state index contributed by atoms with van der Waals surface area (Å²) in [6.45, 7) is 0.488. The van der Waals surface area contributed by atoms with Crippen molar-refractivity contribution >= 4 is 17.4 Å². The van der Waals surface area contributed by atoms with Crippen LogP contribution in [0.3, 0.4) is 0 Å². The highest BCUT2D eigenvalue weighted by atomic mass is 35.5. The molecule has 1 heterocycles. The minimum atomic E-state index is -0.339. The maximum Gasteiger partial charge on any atom is 0.271 e. The van der Waals surface area contributed by atoms with Gasteiger partial charge in [0.25, 0.3) is 5.56 Å².